The van der Waals surface area contributed by atoms with Gasteiger partial charge in [-0.05, 0) is 50.2 Å². The molecule has 3 N–H and O–H groups in total. The topological polar surface area (TPSA) is 96.0 Å². The maximum Gasteiger partial charge on any atom is 0.238 e. The van der Waals surface area contributed by atoms with E-state index in [0.29, 0.717) is 5.69 Å². The summed E-state index contributed by atoms with van der Waals surface area (Å²) in [7, 11) is -3.51. The molecule has 7 nitrogen and oxygen atoms in total. The molecule has 3 aromatic rings. The number of aromatic nitrogens is 2. The summed E-state index contributed by atoms with van der Waals surface area (Å²) in [5, 5.41) is 0.317. The first-order chi connectivity index (χ1) is 12.4. The number of hydrazine groups is 1. The molecule has 2 atom stereocenters. The van der Waals surface area contributed by atoms with E-state index in [0.717, 1.165) is 20.9 Å². The van der Waals surface area contributed by atoms with Crippen molar-refractivity contribution in [2.75, 3.05) is 4.72 Å². The van der Waals surface area contributed by atoms with Crippen molar-refractivity contribution in [2.24, 2.45) is 0 Å². The number of hydrogen-bond donors (Lipinski definition) is 3. The fourth-order valence-electron chi connectivity index (χ4n) is 3.20. The van der Waals surface area contributed by atoms with Crippen LogP contribution < -0.4 is 15.6 Å². The molecule has 0 aliphatic carbocycles. The molecule has 2 unspecified atom stereocenters. The van der Waals surface area contributed by atoms with Crippen molar-refractivity contribution >= 4 is 37.4 Å². The minimum Gasteiger partial charge on any atom is -0.283 e. The van der Waals surface area contributed by atoms with Crippen molar-refractivity contribution in [3.8, 4) is 10.6 Å². The zero-order chi connectivity index (χ0) is 18.3. The largest absolute Gasteiger partial charge is 0.283 e. The number of thiazole rings is 1. The number of rotatable bonds is 4. The van der Waals surface area contributed by atoms with Crippen LogP contribution in [0, 0.1) is 0 Å². The molecule has 0 amide bonds. The van der Waals surface area contributed by atoms with Crippen LogP contribution in [-0.4, -0.2) is 35.7 Å². The second-order valence-electron chi connectivity index (χ2n) is 6.40. The Morgan fingerprint density at radius 1 is 1.08 bits per heavy atom. The van der Waals surface area contributed by atoms with Gasteiger partial charge in [-0.25, -0.2) is 18.4 Å². The van der Waals surface area contributed by atoms with Crippen LogP contribution in [0.4, 0.5) is 5.69 Å². The molecule has 2 aromatic heterocycles. The number of hydrogen-bond acceptors (Lipinski definition) is 7. The number of anilines is 1. The van der Waals surface area contributed by atoms with Crippen LogP contribution in [0.5, 0.6) is 0 Å². The highest BCUT2D eigenvalue weighted by Crippen LogP contribution is 2.30. The quantitative estimate of drug-likeness (QED) is 0.634. The molecular weight excluding hydrogens is 370 g/mol. The first-order valence-electron chi connectivity index (χ1n) is 8.29. The summed E-state index contributed by atoms with van der Waals surface area (Å²) in [6.07, 6.45) is 1.75. The first kappa shape index (κ1) is 17.3. The van der Waals surface area contributed by atoms with Gasteiger partial charge < -0.3 is 0 Å². The lowest BCUT2D eigenvalue weighted by molar-refractivity contribution is 0.564. The van der Waals surface area contributed by atoms with Gasteiger partial charge in [0.1, 0.15) is 20.6 Å². The fourth-order valence-corrected chi connectivity index (χ4v) is 5.93. The van der Waals surface area contributed by atoms with Gasteiger partial charge in [-0.15, -0.1) is 0 Å². The number of benzene rings is 1. The third-order valence-corrected chi connectivity index (χ3v) is 7.52. The first-order valence-corrected chi connectivity index (χ1v) is 10.6. The Labute approximate surface area is 155 Å². The lowest BCUT2D eigenvalue weighted by Gasteiger charge is -2.19. The highest BCUT2D eigenvalue weighted by Gasteiger charge is 2.40. The average Bonchev–Trinajstić information content (AvgIpc) is 3.18. The van der Waals surface area contributed by atoms with Gasteiger partial charge in [0.25, 0.3) is 0 Å². The van der Waals surface area contributed by atoms with E-state index in [9.17, 15) is 8.42 Å². The highest BCUT2D eigenvalue weighted by molar-refractivity contribution is 7.93. The summed E-state index contributed by atoms with van der Waals surface area (Å²) >= 11 is 1.51. The lowest BCUT2D eigenvalue weighted by Crippen LogP contribution is -2.41. The predicted octanol–water partition coefficient (Wildman–Crippen LogP) is 2.35. The van der Waals surface area contributed by atoms with Crippen molar-refractivity contribution in [2.45, 2.75) is 31.2 Å². The Morgan fingerprint density at radius 2 is 1.77 bits per heavy atom. The van der Waals surface area contributed by atoms with E-state index in [1.54, 1.807) is 18.3 Å². The Morgan fingerprint density at radius 3 is 2.42 bits per heavy atom. The van der Waals surface area contributed by atoms with Gasteiger partial charge in [0, 0.05) is 29.5 Å². The Bertz CT molecular complexity index is 990. The standard InChI is InChI=1S/C17H19N5O2S2/c1-10-15(11(2)21-20-10)26(23,24)22-13-7-5-12(6-8-13)16-19-14-4-3-9-18-17(14)25-16/h3-11,15,20-22H,1-2H3. The van der Waals surface area contributed by atoms with Gasteiger partial charge in [0.05, 0.1) is 0 Å². The van der Waals surface area contributed by atoms with Crippen molar-refractivity contribution in [3.05, 3.63) is 42.6 Å². The van der Waals surface area contributed by atoms with Crippen molar-refractivity contribution < 1.29 is 8.42 Å². The molecule has 9 heteroatoms. The van der Waals surface area contributed by atoms with Gasteiger partial charge in [-0.2, -0.15) is 0 Å². The molecule has 0 spiro atoms. The van der Waals surface area contributed by atoms with E-state index >= 15 is 0 Å². The number of nitrogens with zero attached hydrogens (tertiary/aromatic N) is 2. The van der Waals surface area contributed by atoms with Gasteiger partial charge in [-0.3, -0.25) is 15.6 Å². The summed E-state index contributed by atoms with van der Waals surface area (Å²) in [6, 6.07) is 10.7. The SMILES string of the molecule is CC1NNC(C)C1S(=O)(=O)Nc1ccc(-c2nc3cccnc3s2)cc1. The molecule has 1 fully saturated rings. The Hall–Kier alpha value is -2.07. The maximum absolute atomic E-state index is 12.7. The monoisotopic (exact) mass is 389 g/mol. The smallest absolute Gasteiger partial charge is 0.238 e. The maximum atomic E-state index is 12.7. The molecule has 1 saturated heterocycles. The molecular formula is C17H19N5O2S2. The summed E-state index contributed by atoms with van der Waals surface area (Å²) in [6.45, 7) is 3.70. The molecule has 3 heterocycles. The molecule has 4 rings (SSSR count). The van der Waals surface area contributed by atoms with Crippen LogP contribution in [0.3, 0.4) is 0 Å². The van der Waals surface area contributed by atoms with E-state index in [-0.39, 0.29) is 12.1 Å². The molecule has 0 bridgehead atoms. The number of fused-ring (bicyclic) bond motifs is 1. The minimum atomic E-state index is -3.51. The summed E-state index contributed by atoms with van der Waals surface area (Å²) in [4.78, 5) is 9.76. The second-order valence-corrected chi connectivity index (χ2v) is 9.22. The molecule has 1 aromatic carbocycles. The molecule has 136 valence electrons. The average molecular weight is 390 g/mol. The summed E-state index contributed by atoms with van der Waals surface area (Å²) < 4.78 is 28.1. The number of sulfonamides is 1. The van der Waals surface area contributed by atoms with E-state index in [1.807, 2.05) is 38.1 Å². The molecule has 0 saturated carbocycles. The van der Waals surface area contributed by atoms with Crippen LogP contribution >= 0.6 is 11.3 Å². The van der Waals surface area contributed by atoms with Crippen molar-refractivity contribution in [1.29, 1.82) is 0 Å². The van der Waals surface area contributed by atoms with Gasteiger partial charge in [-0.1, -0.05) is 11.3 Å². The number of pyridine rings is 1. The summed E-state index contributed by atoms with van der Waals surface area (Å²) in [5.41, 5.74) is 8.28. The zero-order valence-electron chi connectivity index (χ0n) is 14.3. The van der Waals surface area contributed by atoms with Crippen molar-refractivity contribution in [3.63, 3.8) is 0 Å². The predicted molar refractivity (Wildman–Crippen MR) is 104 cm³/mol. The lowest BCUT2D eigenvalue weighted by atomic mass is 10.2. The highest BCUT2D eigenvalue weighted by atomic mass is 32.2. The van der Waals surface area contributed by atoms with Crippen molar-refractivity contribution in [1.82, 2.24) is 20.8 Å². The van der Waals surface area contributed by atoms with Gasteiger partial charge in [0.2, 0.25) is 10.0 Å². The van der Waals surface area contributed by atoms with Crippen LogP contribution in [0.15, 0.2) is 42.6 Å². The van der Waals surface area contributed by atoms with Crippen LogP contribution in [-0.2, 0) is 10.0 Å². The second kappa shape index (κ2) is 6.58. The third-order valence-electron chi connectivity index (χ3n) is 4.44. The summed E-state index contributed by atoms with van der Waals surface area (Å²) in [5.74, 6) is 0. The fraction of sp³-hybridized carbons (Fsp3) is 0.294. The molecule has 1 aliphatic rings. The zero-order valence-corrected chi connectivity index (χ0v) is 15.9. The molecule has 1 aliphatic heterocycles. The van der Waals surface area contributed by atoms with Gasteiger partial charge >= 0.3 is 0 Å². The van der Waals surface area contributed by atoms with Crippen LogP contribution in [0.1, 0.15) is 13.8 Å². The number of nitrogens with one attached hydrogen (secondary N) is 3. The normalized spacial score (nSPS) is 23.4. The third kappa shape index (κ3) is 3.18. The van der Waals surface area contributed by atoms with E-state index in [4.69, 9.17) is 0 Å². The van der Waals surface area contributed by atoms with E-state index < -0.39 is 15.3 Å². The van der Waals surface area contributed by atoms with Crippen LogP contribution in [0.2, 0.25) is 0 Å². The molecule has 26 heavy (non-hydrogen) atoms. The Kier molecular flexibility index (Phi) is 4.39. The van der Waals surface area contributed by atoms with E-state index in [1.165, 1.54) is 11.3 Å². The molecule has 0 radical (unpaired) electrons. The van der Waals surface area contributed by atoms with E-state index in [2.05, 4.69) is 25.5 Å². The van der Waals surface area contributed by atoms with Crippen LogP contribution in [0.25, 0.3) is 20.9 Å². The Balaban J connectivity index is 1.56. The minimum absolute atomic E-state index is 0.169. The van der Waals surface area contributed by atoms with Gasteiger partial charge in [0.15, 0.2) is 0 Å².